The van der Waals surface area contributed by atoms with Crippen LogP contribution in [0.3, 0.4) is 0 Å². The Hall–Kier alpha value is -0.413. The van der Waals surface area contributed by atoms with Crippen LogP contribution in [0, 0.1) is 40.4 Å². The van der Waals surface area contributed by atoms with Crippen LogP contribution in [0.4, 0.5) is 0 Å². The van der Waals surface area contributed by atoms with Gasteiger partial charge in [0.1, 0.15) is 0 Å². The van der Waals surface area contributed by atoms with Crippen molar-refractivity contribution in [1.29, 1.82) is 0 Å². The molecule has 3 saturated carbocycles. The van der Waals surface area contributed by atoms with E-state index >= 15 is 0 Å². The van der Waals surface area contributed by atoms with Gasteiger partial charge in [0.15, 0.2) is 14.1 Å². The van der Waals surface area contributed by atoms with Crippen molar-refractivity contribution in [3.8, 4) is 0 Å². The Balaban J connectivity index is 1.50. The number of carbonyl (C=O) groups is 1. The summed E-state index contributed by atoms with van der Waals surface area (Å²) in [6.07, 6.45) is 12.0. The molecule has 3 fully saturated rings. The summed E-state index contributed by atoms with van der Waals surface area (Å²) in [6.45, 7) is 23.1. The fourth-order valence-corrected chi connectivity index (χ4v) is 16.0. The topological polar surface area (TPSA) is 26.3 Å². The summed E-state index contributed by atoms with van der Waals surface area (Å²) in [4.78, 5) is 12.1. The number of rotatable bonds is 7. The van der Waals surface area contributed by atoms with Crippen molar-refractivity contribution in [2.75, 3.05) is 6.61 Å². The highest BCUT2D eigenvalue weighted by molar-refractivity contribution is 6.77. The molecule has 34 heavy (non-hydrogen) atoms. The number of fused-ring (bicyclic) bond motifs is 5. The first-order chi connectivity index (χ1) is 15.9. The molecule has 0 aromatic heterocycles. The predicted molar refractivity (Wildman–Crippen MR) is 146 cm³/mol. The van der Waals surface area contributed by atoms with Crippen LogP contribution in [-0.4, -0.2) is 20.7 Å². The second kappa shape index (κ2) is 9.47. The van der Waals surface area contributed by atoms with Crippen molar-refractivity contribution in [2.24, 2.45) is 40.4 Å². The summed E-state index contributed by atoms with van der Waals surface area (Å²) in [7, 11) is -1.81. The van der Waals surface area contributed by atoms with Gasteiger partial charge >= 0.3 is 0 Å². The molecule has 7 atom stereocenters. The highest BCUT2D eigenvalue weighted by Gasteiger charge is 2.59. The molecule has 4 aliphatic rings. The Morgan fingerprint density at radius 3 is 2.15 bits per heavy atom. The third-order valence-corrected chi connectivity index (χ3v) is 18.1. The van der Waals surface area contributed by atoms with Crippen LogP contribution in [-0.2, 0) is 9.22 Å². The maximum absolute atomic E-state index is 12.1. The van der Waals surface area contributed by atoms with Gasteiger partial charge in [-0.15, -0.1) is 0 Å². The van der Waals surface area contributed by atoms with E-state index in [2.05, 4.69) is 68.4 Å². The van der Waals surface area contributed by atoms with Crippen LogP contribution in [0.2, 0.25) is 16.6 Å². The first-order valence-electron chi connectivity index (χ1n) is 14.8. The SMILES string of the molecule is CC(C)[Si](OC[C@@H](C)[C@H]1CCC2C3CCC4=CC(=O)CC[C@]4(C)C3CC[C@@]21C)(C(C)C)C(C)C. The number of ketones is 1. The van der Waals surface area contributed by atoms with E-state index < -0.39 is 8.32 Å². The highest BCUT2D eigenvalue weighted by atomic mass is 28.4. The molecule has 0 aliphatic heterocycles. The lowest BCUT2D eigenvalue weighted by Crippen LogP contribution is -2.52. The number of hydrogen-bond donors (Lipinski definition) is 0. The Bertz CT molecular complexity index is 775. The molecular weight excluding hydrogens is 432 g/mol. The Labute approximate surface area is 212 Å². The van der Waals surface area contributed by atoms with Crippen LogP contribution in [0.15, 0.2) is 11.6 Å². The normalized spacial score (nSPS) is 39.2. The molecule has 4 rings (SSSR count). The van der Waals surface area contributed by atoms with Crippen molar-refractivity contribution in [2.45, 2.75) is 130 Å². The minimum Gasteiger partial charge on any atom is -0.416 e. The van der Waals surface area contributed by atoms with E-state index in [1.54, 1.807) is 0 Å². The average Bonchev–Trinajstić information content (AvgIpc) is 3.11. The minimum absolute atomic E-state index is 0.294. The van der Waals surface area contributed by atoms with Crippen molar-refractivity contribution in [3.05, 3.63) is 11.6 Å². The summed E-state index contributed by atoms with van der Waals surface area (Å²) >= 11 is 0. The third-order valence-electron chi connectivity index (χ3n) is 12.0. The summed E-state index contributed by atoms with van der Waals surface area (Å²) < 4.78 is 7.12. The molecule has 4 aliphatic carbocycles. The summed E-state index contributed by atoms with van der Waals surface area (Å²) in [5, 5.41) is 0. The Kier molecular flexibility index (Phi) is 7.42. The van der Waals surface area contributed by atoms with Gasteiger partial charge in [0.05, 0.1) is 0 Å². The molecule has 0 heterocycles. The monoisotopic (exact) mass is 486 g/mol. The molecule has 3 heteroatoms. The van der Waals surface area contributed by atoms with Crippen LogP contribution < -0.4 is 0 Å². The molecule has 0 radical (unpaired) electrons. The van der Waals surface area contributed by atoms with Crippen LogP contribution in [0.5, 0.6) is 0 Å². The molecule has 0 bridgehead atoms. The Morgan fingerprint density at radius 1 is 0.882 bits per heavy atom. The maximum Gasteiger partial charge on any atom is 0.200 e. The van der Waals surface area contributed by atoms with Crippen molar-refractivity contribution < 1.29 is 9.22 Å². The van der Waals surface area contributed by atoms with E-state index in [1.807, 2.05) is 0 Å². The van der Waals surface area contributed by atoms with E-state index in [0.717, 1.165) is 43.1 Å². The standard InChI is InChI=1S/C31H54O2Si/c1-20(2)34(21(3)4,22(5)6)33-19-23(7)27-12-13-28-26-11-10-24-18-25(32)14-16-30(24,8)29(26)15-17-31(27,28)9/h18,20-23,26-29H,10-17,19H2,1-9H3/t23-,26?,27-,28?,29?,30+,31-/m1/s1. The lowest BCUT2D eigenvalue weighted by Gasteiger charge is -2.58. The van der Waals surface area contributed by atoms with Gasteiger partial charge in [0, 0.05) is 13.0 Å². The van der Waals surface area contributed by atoms with Gasteiger partial charge in [-0.1, -0.05) is 67.9 Å². The second-order valence-corrected chi connectivity index (χ2v) is 19.8. The zero-order valence-corrected chi connectivity index (χ0v) is 24.9. The van der Waals surface area contributed by atoms with Gasteiger partial charge in [-0.05, 0) is 108 Å². The van der Waals surface area contributed by atoms with E-state index in [0.29, 0.717) is 39.2 Å². The lowest BCUT2D eigenvalue weighted by atomic mass is 9.46. The minimum atomic E-state index is -1.81. The van der Waals surface area contributed by atoms with E-state index in [4.69, 9.17) is 4.43 Å². The largest absolute Gasteiger partial charge is 0.416 e. The molecule has 0 amide bonds. The molecule has 3 unspecified atom stereocenters. The number of carbonyl (C=O) groups excluding carboxylic acids is 1. The first-order valence-corrected chi connectivity index (χ1v) is 16.9. The first kappa shape index (κ1) is 26.6. The second-order valence-electron chi connectivity index (χ2n) is 14.3. The van der Waals surface area contributed by atoms with Gasteiger partial charge in [-0.2, -0.15) is 0 Å². The smallest absolute Gasteiger partial charge is 0.200 e. The number of hydrogen-bond acceptors (Lipinski definition) is 2. The van der Waals surface area contributed by atoms with Gasteiger partial charge < -0.3 is 4.43 Å². The molecule has 0 aromatic rings. The lowest BCUT2D eigenvalue weighted by molar-refractivity contribution is -0.117. The summed E-state index contributed by atoms with van der Waals surface area (Å²) in [6, 6.07) is 0. The molecule has 0 aromatic carbocycles. The molecule has 2 nitrogen and oxygen atoms in total. The summed E-state index contributed by atoms with van der Waals surface area (Å²) in [5.41, 5.74) is 4.26. The number of allylic oxidation sites excluding steroid dienone is 1. The Morgan fingerprint density at radius 2 is 1.53 bits per heavy atom. The van der Waals surface area contributed by atoms with Gasteiger partial charge in [-0.25, -0.2) is 0 Å². The average molecular weight is 487 g/mol. The van der Waals surface area contributed by atoms with Crippen LogP contribution in [0.1, 0.15) is 114 Å². The van der Waals surface area contributed by atoms with Gasteiger partial charge in [0.25, 0.3) is 0 Å². The van der Waals surface area contributed by atoms with E-state index in [9.17, 15) is 4.79 Å². The van der Waals surface area contributed by atoms with Gasteiger partial charge in [0.2, 0.25) is 0 Å². The maximum atomic E-state index is 12.1. The summed E-state index contributed by atoms with van der Waals surface area (Å²) in [5.74, 6) is 4.36. The zero-order valence-electron chi connectivity index (χ0n) is 23.9. The van der Waals surface area contributed by atoms with Gasteiger partial charge in [-0.3, -0.25) is 4.79 Å². The van der Waals surface area contributed by atoms with Crippen molar-refractivity contribution >= 4 is 14.1 Å². The third kappa shape index (κ3) is 4.03. The van der Waals surface area contributed by atoms with Crippen molar-refractivity contribution in [3.63, 3.8) is 0 Å². The molecule has 0 saturated heterocycles. The molecular formula is C31H54O2Si. The van der Waals surface area contributed by atoms with E-state index in [1.165, 1.54) is 44.1 Å². The molecule has 0 spiro atoms. The molecule has 0 N–H and O–H groups in total. The quantitative estimate of drug-likeness (QED) is 0.336. The molecule has 194 valence electrons. The fourth-order valence-electron chi connectivity index (χ4n) is 10.4. The zero-order chi connectivity index (χ0) is 25.1. The van der Waals surface area contributed by atoms with Crippen LogP contribution >= 0.6 is 0 Å². The van der Waals surface area contributed by atoms with E-state index in [-0.39, 0.29) is 0 Å². The highest BCUT2D eigenvalue weighted by Crippen LogP contribution is 2.67. The fraction of sp³-hybridized carbons (Fsp3) is 0.903. The van der Waals surface area contributed by atoms with Crippen molar-refractivity contribution in [1.82, 2.24) is 0 Å². The predicted octanol–water partition coefficient (Wildman–Crippen LogP) is 8.96. The van der Waals surface area contributed by atoms with Crippen LogP contribution in [0.25, 0.3) is 0 Å².